The summed E-state index contributed by atoms with van der Waals surface area (Å²) in [6, 6.07) is 19.0. The number of hydrogen-bond donors (Lipinski definition) is 1. The van der Waals surface area contributed by atoms with E-state index in [2.05, 4.69) is 9.97 Å². The molecule has 17 nitrogen and oxygen atoms in total. The summed E-state index contributed by atoms with van der Waals surface area (Å²) < 4.78 is 98.7. The molecule has 3 saturated heterocycles. The summed E-state index contributed by atoms with van der Waals surface area (Å²) in [6.45, 7) is -0.231. The zero-order chi connectivity index (χ0) is 50.8. The van der Waals surface area contributed by atoms with Gasteiger partial charge < -0.3 is 57.2 Å². The van der Waals surface area contributed by atoms with E-state index in [1.807, 2.05) is 17.5 Å². The number of esters is 3. The van der Waals surface area contributed by atoms with Crippen molar-refractivity contribution in [2.45, 2.75) is 57.7 Å². The SMILES string of the molecule is COc1cc([C@@H]2c3cc4c(cc3[C@@H](O[C@@H]3O[C@@H]5CO[C@@H](c6cccs6)O[C@H]5[C@H](OC(=O)CSc5nc6cc(F)ccc6s5)[C@H]3OC(=O)CSc3nc5cc(F)ccc5s3)[C@H]3COC(=O)[C@H]23)OCO4)cc(OC)c1O. The number of phenolic OH excluding ortho intramolecular Hbond substituents is 1. The van der Waals surface area contributed by atoms with Crippen LogP contribution in [0.5, 0.6) is 28.7 Å². The zero-order valence-corrected chi connectivity index (χ0v) is 42.8. The van der Waals surface area contributed by atoms with Crippen LogP contribution in [0.2, 0.25) is 0 Å². The highest BCUT2D eigenvalue weighted by Crippen LogP contribution is 2.57. The summed E-state index contributed by atoms with van der Waals surface area (Å²) in [6.07, 6.45) is -8.41. The van der Waals surface area contributed by atoms with Crippen LogP contribution in [0.25, 0.3) is 20.4 Å². The molecule has 0 amide bonds. The average molecular weight is 1110 g/mol. The second kappa shape index (κ2) is 20.4. The molecule has 1 N–H and O–H groups in total. The quantitative estimate of drug-likeness (QED) is 0.0614. The van der Waals surface area contributed by atoms with Gasteiger partial charge >= 0.3 is 17.9 Å². The molecular weight excluding hydrogens is 1070 g/mol. The van der Waals surface area contributed by atoms with Gasteiger partial charge in [0, 0.05) is 24.0 Å². The molecule has 7 heterocycles. The van der Waals surface area contributed by atoms with Gasteiger partial charge in [0.2, 0.25) is 12.5 Å². The molecule has 4 aromatic carbocycles. The normalized spacial score (nSPS) is 25.8. The van der Waals surface area contributed by atoms with Gasteiger partial charge in [-0.15, -0.1) is 34.0 Å². The van der Waals surface area contributed by atoms with E-state index in [-0.39, 0.29) is 48.8 Å². The number of benzene rings is 4. The summed E-state index contributed by atoms with van der Waals surface area (Å²) in [7, 11) is 2.81. The van der Waals surface area contributed by atoms with E-state index in [1.165, 1.54) is 72.5 Å². The van der Waals surface area contributed by atoms with Gasteiger partial charge in [-0.2, -0.15) is 0 Å². The molecule has 3 fully saturated rings. The Bertz CT molecular complexity index is 3280. The number of rotatable bonds is 14. The standard InChI is InChI=1S/C50H40F2N2O15S5/c1-59-31-10-21(11-32(60-2)41(31)57)39-24-14-29-30(64-20-63-29)15-25(24)42(26-16-61-46(58)40(26)39)68-48-45(67-38(56)19-72-50-54-28-13-23(52)6-8-35(28)74-50)44(43-33(65-48)17-62-47(69-43)36-4-3-9-70-36)66-37(55)18-71-49-53-27-12-22(51)5-7-34(27)73-49/h3-15,26,33,39-40,42-45,47-48,57H,16-20H2,1-2H3/t26-,33+,39+,40-,42+,43+,44-,45+,47+,48-/m0/s1. The Kier molecular flexibility index (Phi) is 13.5. The topological polar surface area (TPSA) is 199 Å². The van der Waals surface area contributed by atoms with Crippen LogP contribution in [0, 0.1) is 23.5 Å². The number of thiophene rings is 1. The van der Waals surface area contributed by atoms with Crippen molar-refractivity contribution in [3.8, 4) is 28.7 Å². The van der Waals surface area contributed by atoms with E-state index in [4.69, 9.17) is 52.1 Å². The summed E-state index contributed by atoms with van der Waals surface area (Å²) in [4.78, 5) is 52.4. The number of methoxy groups -OCH3 is 2. The number of ether oxygens (including phenoxy) is 11. The van der Waals surface area contributed by atoms with E-state index in [1.54, 1.807) is 36.4 Å². The Morgan fingerprint density at radius 1 is 0.784 bits per heavy atom. The molecule has 0 saturated carbocycles. The lowest BCUT2D eigenvalue weighted by Crippen LogP contribution is -2.64. The molecule has 3 aromatic heterocycles. The molecule has 24 heteroatoms. The number of nitrogens with zero attached hydrogens (tertiary/aromatic N) is 2. The summed E-state index contributed by atoms with van der Waals surface area (Å²) in [5, 5.41) is 12.8. The molecule has 0 radical (unpaired) electrons. The first-order valence-corrected chi connectivity index (χ1v) is 27.4. The fourth-order valence-electron chi connectivity index (χ4n) is 9.90. The minimum absolute atomic E-state index is 0.0624. The van der Waals surface area contributed by atoms with Gasteiger partial charge in [-0.05, 0) is 76.7 Å². The molecule has 10 atom stereocenters. The van der Waals surface area contributed by atoms with Crippen LogP contribution in [-0.2, 0) is 47.5 Å². The Morgan fingerprint density at radius 2 is 1.42 bits per heavy atom. The predicted octanol–water partition coefficient (Wildman–Crippen LogP) is 8.94. The third kappa shape index (κ3) is 9.37. The van der Waals surface area contributed by atoms with Crippen LogP contribution >= 0.6 is 57.5 Å². The van der Waals surface area contributed by atoms with Gasteiger partial charge in [0.15, 0.2) is 56.5 Å². The molecule has 12 rings (SSSR count). The first-order chi connectivity index (χ1) is 36.0. The molecular formula is C50H40F2N2O15S5. The highest BCUT2D eigenvalue weighted by Gasteiger charge is 2.58. The maximum Gasteiger partial charge on any atom is 0.316 e. The lowest BCUT2D eigenvalue weighted by atomic mass is 9.66. The number of hydrogen-bond acceptors (Lipinski definition) is 22. The highest BCUT2D eigenvalue weighted by atomic mass is 32.2. The van der Waals surface area contributed by atoms with E-state index >= 15 is 0 Å². The molecule has 0 unspecified atom stereocenters. The second-order valence-electron chi connectivity index (χ2n) is 17.5. The van der Waals surface area contributed by atoms with Crippen LogP contribution in [0.4, 0.5) is 8.78 Å². The number of thioether (sulfide) groups is 2. The molecule has 74 heavy (non-hydrogen) atoms. The summed E-state index contributed by atoms with van der Waals surface area (Å²) in [5.41, 5.74) is 2.57. The zero-order valence-electron chi connectivity index (χ0n) is 38.7. The number of cyclic esters (lactones) is 1. The lowest BCUT2D eigenvalue weighted by molar-refractivity contribution is -0.369. The van der Waals surface area contributed by atoms with E-state index in [0.29, 0.717) is 47.9 Å². The number of aromatic nitrogens is 2. The molecule has 384 valence electrons. The Morgan fingerprint density at radius 3 is 2.04 bits per heavy atom. The van der Waals surface area contributed by atoms with Crippen LogP contribution < -0.4 is 18.9 Å². The van der Waals surface area contributed by atoms with Crippen molar-refractivity contribution in [1.82, 2.24) is 9.97 Å². The maximum atomic E-state index is 14.3. The number of carbonyl (C=O) groups excluding carboxylic acids is 3. The number of halogens is 2. The van der Waals surface area contributed by atoms with E-state index < -0.39 is 90.4 Å². The third-order valence-corrected chi connectivity index (χ3v) is 18.3. The van der Waals surface area contributed by atoms with E-state index in [0.717, 1.165) is 37.8 Å². The molecule has 1 aliphatic carbocycles. The average Bonchev–Trinajstić information content (AvgIpc) is 4.28. The Labute approximate surface area is 439 Å². The van der Waals surface area contributed by atoms with Crippen LogP contribution in [-0.4, -0.2) is 109 Å². The Balaban J connectivity index is 0.915. The summed E-state index contributed by atoms with van der Waals surface area (Å²) in [5.74, 6) is -4.97. The monoisotopic (exact) mass is 1110 g/mol. The van der Waals surface area contributed by atoms with Crippen molar-refractivity contribution in [2.24, 2.45) is 11.8 Å². The van der Waals surface area contributed by atoms with Gasteiger partial charge in [-0.3, -0.25) is 14.4 Å². The van der Waals surface area contributed by atoms with Gasteiger partial charge in [-0.1, -0.05) is 29.6 Å². The number of thiazole rings is 2. The first kappa shape index (κ1) is 49.1. The minimum atomic E-state index is -1.52. The largest absolute Gasteiger partial charge is 0.502 e. The highest BCUT2D eigenvalue weighted by molar-refractivity contribution is 8.02. The maximum absolute atomic E-state index is 14.3. The van der Waals surface area contributed by atoms with Gasteiger partial charge in [0.05, 0.1) is 76.3 Å². The molecule has 7 aromatic rings. The lowest BCUT2D eigenvalue weighted by Gasteiger charge is -2.49. The van der Waals surface area contributed by atoms with E-state index in [9.17, 15) is 28.3 Å². The van der Waals surface area contributed by atoms with Crippen molar-refractivity contribution in [1.29, 1.82) is 0 Å². The fraction of sp³-hybridized carbons (Fsp3) is 0.340. The molecule has 5 aliphatic rings. The van der Waals surface area contributed by atoms with Crippen molar-refractivity contribution >= 4 is 95.9 Å². The van der Waals surface area contributed by atoms with Crippen molar-refractivity contribution in [3.63, 3.8) is 0 Å². The smallest absolute Gasteiger partial charge is 0.316 e. The minimum Gasteiger partial charge on any atom is -0.502 e. The van der Waals surface area contributed by atoms with Crippen LogP contribution in [0.3, 0.4) is 0 Å². The number of aromatic hydroxyl groups is 1. The predicted molar refractivity (Wildman–Crippen MR) is 264 cm³/mol. The first-order valence-electron chi connectivity index (χ1n) is 22.9. The van der Waals surface area contributed by atoms with Crippen LogP contribution in [0.1, 0.15) is 39.9 Å². The number of fused-ring (bicyclic) bond motifs is 6. The third-order valence-electron chi connectivity index (χ3n) is 13.1. The van der Waals surface area contributed by atoms with Gasteiger partial charge in [-0.25, -0.2) is 18.7 Å². The van der Waals surface area contributed by atoms with Crippen molar-refractivity contribution in [2.75, 3.05) is 45.7 Å². The fourth-order valence-corrected chi connectivity index (χ4v) is 14.3. The summed E-state index contributed by atoms with van der Waals surface area (Å²) >= 11 is 6.12. The van der Waals surface area contributed by atoms with Gasteiger partial charge in [0.1, 0.15) is 23.8 Å². The van der Waals surface area contributed by atoms with Gasteiger partial charge in [0.25, 0.3) is 0 Å². The molecule has 0 spiro atoms. The second-order valence-corrected chi connectivity index (χ2v) is 22.9. The Hall–Kier alpha value is -5.83. The van der Waals surface area contributed by atoms with Crippen LogP contribution in [0.15, 0.2) is 86.9 Å². The van der Waals surface area contributed by atoms with Crippen molar-refractivity contribution < 1.29 is 80.4 Å². The number of carbonyl (C=O) groups is 3. The molecule has 0 bridgehead atoms. The molecule has 4 aliphatic heterocycles. The van der Waals surface area contributed by atoms with Crippen molar-refractivity contribution in [3.05, 3.63) is 111 Å². The number of phenols is 1.